The zero-order valence-electron chi connectivity index (χ0n) is 11.5. The standard InChI is InChI=1S/C13H17N5S.HI/c1-3-10-5-4-6-11(7-10)16-13(14)15-8-12-9(2)17-18-19-12;/h4-7H,3,8H2,1-2H3,(H3,14,15,16);1H. The Morgan fingerprint density at radius 1 is 1.45 bits per heavy atom. The number of aryl methyl sites for hydroxylation is 2. The van der Waals surface area contributed by atoms with Crippen LogP contribution in [0.1, 0.15) is 23.1 Å². The molecule has 108 valence electrons. The van der Waals surface area contributed by atoms with Gasteiger partial charge in [-0.2, -0.15) is 0 Å². The lowest BCUT2D eigenvalue weighted by molar-refractivity contribution is 1.02. The molecule has 0 radical (unpaired) electrons. The Morgan fingerprint density at radius 3 is 2.90 bits per heavy atom. The van der Waals surface area contributed by atoms with Crippen molar-refractivity contribution in [3.05, 3.63) is 40.4 Å². The van der Waals surface area contributed by atoms with Crippen LogP contribution in [0.4, 0.5) is 5.69 Å². The number of hydrogen-bond acceptors (Lipinski definition) is 4. The first kappa shape index (κ1) is 16.8. The van der Waals surface area contributed by atoms with Crippen molar-refractivity contribution in [2.75, 3.05) is 5.32 Å². The number of guanidine groups is 1. The second-order valence-corrected chi connectivity index (χ2v) is 5.00. The number of rotatable bonds is 4. The SMILES string of the molecule is CCc1cccc(NC(N)=NCc2snnc2C)c1.I. The second kappa shape index (κ2) is 8.15. The molecule has 0 fully saturated rings. The van der Waals surface area contributed by atoms with Gasteiger partial charge < -0.3 is 11.1 Å². The number of anilines is 1. The molecule has 0 aliphatic rings. The van der Waals surface area contributed by atoms with E-state index in [1.54, 1.807) is 0 Å². The summed E-state index contributed by atoms with van der Waals surface area (Å²) in [4.78, 5) is 5.33. The molecule has 0 amide bonds. The van der Waals surface area contributed by atoms with Gasteiger partial charge in [0.1, 0.15) is 0 Å². The maximum absolute atomic E-state index is 5.87. The van der Waals surface area contributed by atoms with Crippen molar-refractivity contribution >= 4 is 47.2 Å². The average Bonchev–Trinajstić information content (AvgIpc) is 2.82. The van der Waals surface area contributed by atoms with E-state index in [1.165, 1.54) is 17.1 Å². The van der Waals surface area contributed by atoms with Crippen LogP contribution in [0.3, 0.4) is 0 Å². The van der Waals surface area contributed by atoms with Crippen molar-refractivity contribution in [2.24, 2.45) is 10.7 Å². The molecule has 7 heteroatoms. The lowest BCUT2D eigenvalue weighted by Gasteiger charge is -2.06. The highest BCUT2D eigenvalue weighted by atomic mass is 127. The van der Waals surface area contributed by atoms with Crippen LogP contribution in [0.25, 0.3) is 0 Å². The molecule has 1 heterocycles. The van der Waals surface area contributed by atoms with Crippen LogP contribution in [0.15, 0.2) is 29.3 Å². The molecular weight excluding hydrogens is 385 g/mol. The smallest absolute Gasteiger partial charge is 0.193 e. The van der Waals surface area contributed by atoms with Gasteiger partial charge in [-0.3, -0.25) is 0 Å². The van der Waals surface area contributed by atoms with E-state index in [2.05, 4.69) is 39.0 Å². The third-order valence-electron chi connectivity index (χ3n) is 2.75. The molecule has 0 aliphatic heterocycles. The maximum Gasteiger partial charge on any atom is 0.193 e. The van der Waals surface area contributed by atoms with Crippen LogP contribution in [-0.4, -0.2) is 15.5 Å². The fourth-order valence-electron chi connectivity index (χ4n) is 1.61. The molecule has 1 aromatic heterocycles. The molecule has 0 aliphatic carbocycles. The summed E-state index contributed by atoms with van der Waals surface area (Å²) < 4.78 is 3.87. The molecule has 3 N–H and O–H groups in total. The zero-order chi connectivity index (χ0) is 13.7. The van der Waals surface area contributed by atoms with Gasteiger partial charge in [0.05, 0.1) is 17.1 Å². The van der Waals surface area contributed by atoms with E-state index in [0.717, 1.165) is 22.7 Å². The molecule has 0 atom stereocenters. The highest BCUT2D eigenvalue weighted by molar-refractivity contribution is 14.0. The zero-order valence-corrected chi connectivity index (χ0v) is 14.6. The van der Waals surface area contributed by atoms with Gasteiger partial charge in [0.25, 0.3) is 0 Å². The summed E-state index contributed by atoms with van der Waals surface area (Å²) in [5.41, 5.74) is 9.00. The van der Waals surface area contributed by atoms with Crippen molar-refractivity contribution < 1.29 is 0 Å². The third-order valence-corrected chi connectivity index (χ3v) is 3.55. The molecule has 0 spiro atoms. The normalized spacial score (nSPS) is 11.0. The predicted molar refractivity (Wildman–Crippen MR) is 94.8 cm³/mol. The minimum absolute atomic E-state index is 0. The van der Waals surface area contributed by atoms with Gasteiger partial charge in [-0.15, -0.1) is 29.1 Å². The monoisotopic (exact) mass is 403 g/mol. The van der Waals surface area contributed by atoms with Crippen LogP contribution < -0.4 is 11.1 Å². The minimum atomic E-state index is 0. The molecular formula is C13H18IN5S. The van der Waals surface area contributed by atoms with E-state index in [1.807, 2.05) is 19.1 Å². The van der Waals surface area contributed by atoms with Crippen molar-refractivity contribution in [1.29, 1.82) is 0 Å². The van der Waals surface area contributed by atoms with Crippen molar-refractivity contribution in [2.45, 2.75) is 26.8 Å². The minimum Gasteiger partial charge on any atom is -0.370 e. The number of aromatic nitrogens is 2. The van der Waals surface area contributed by atoms with Gasteiger partial charge in [-0.25, -0.2) is 4.99 Å². The quantitative estimate of drug-likeness (QED) is 0.468. The number of aliphatic imine (C=N–C) groups is 1. The number of nitrogens with two attached hydrogens (primary N) is 1. The van der Waals surface area contributed by atoms with Gasteiger partial charge in [-0.1, -0.05) is 23.5 Å². The van der Waals surface area contributed by atoms with Gasteiger partial charge in [0, 0.05) is 5.69 Å². The first-order valence-electron chi connectivity index (χ1n) is 6.12. The summed E-state index contributed by atoms with van der Waals surface area (Å²) in [6.07, 6.45) is 0.998. The molecule has 1 aromatic carbocycles. The van der Waals surface area contributed by atoms with Gasteiger partial charge >= 0.3 is 0 Å². The fourth-order valence-corrected chi connectivity index (χ4v) is 2.17. The molecule has 2 rings (SSSR count). The van der Waals surface area contributed by atoms with Crippen LogP contribution in [0, 0.1) is 6.92 Å². The maximum atomic E-state index is 5.87. The average molecular weight is 403 g/mol. The molecule has 5 nitrogen and oxygen atoms in total. The third kappa shape index (κ3) is 4.71. The predicted octanol–water partition coefficient (Wildman–Crippen LogP) is 2.95. The van der Waals surface area contributed by atoms with Gasteiger partial charge in [0.15, 0.2) is 5.96 Å². The highest BCUT2D eigenvalue weighted by Crippen LogP contribution is 2.12. The van der Waals surface area contributed by atoms with Crippen LogP contribution in [0.5, 0.6) is 0 Å². The Bertz CT molecular complexity index is 582. The number of benzene rings is 1. The summed E-state index contributed by atoms with van der Waals surface area (Å²) in [6.45, 7) is 4.55. The van der Waals surface area contributed by atoms with E-state index < -0.39 is 0 Å². The summed E-state index contributed by atoms with van der Waals surface area (Å²) in [5.74, 6) is 0.404. The van der Waals surface area contributed by atoms with Crippen LogP contribution in [0.2, 0.25) is 0 Å². The number of halogens is 1. The summed E-state index contributed by atoms with van der Waals surface area (Å²) >= 11 is 1.35. The Balaban J connectivity index is 0.00000200. The van der Waals surface area contributed by atoms with E-state index in [9.17, 15) is 0 Å². The number of nitrogens with zero attached hydrogens (tertiary/aromatic N) is 3. The summed E-state index contributed by atoms with van der Waals surface area (Å²) in [6, 6.07) is 8.14. The largest absolute Gasteiger partial charge is 0.370 e. The summed E-state index contributed by atoms with van der Waals surface area (Å²) in [5, 5.41) is 7.03. The number of nitrogens with one attached hydrogen (secondary N) is 1. The Hall–Kier alpha value is -1.22. The van der Waals surface area contributed by atoms with Crippen LogP contribution in [-0.2, 0) is 13.0 Å². The lowest BCUT2D eigenvalue weighted by atomic mass is 10.1. The van der Waals surface area contributed by atoms with Crippen molar-refractivity contribution in [1.82, 2.24) is 9.59 Å². The number of hydrogen-bond donors (Lipinski definition) is 2. The molecule has 0 saturated carbocycles. The van der Waals surface area contributed by atoms with E-state index in [4.69, 9.17) is 5.73 Å². The van der Waals surface area contributed by atoms with Gasteiger partial charge in [-0.05, 0) is 42.6 Å². The second-order valence-electron chi connectivity index (χ2n) is 4.16. The highest BCUT2D eigenvalue weighted by Gasteiger charge is 2.02. The van der Waals surface area contributed by atoms with Crippen molar-refractivity contribution in [3.63, 3.8) is 0 Å². The van der Waals surface area contributed by atoms with Crippen molar-refractivity contribution in [3.8, 4) is 0 Å². The van der Waals surface area contributed by atoms with Crippen LogP contribution >= 0.6 is 35.5 Å². The van der Waals surface area contributed by atoms with E-state index >= 15 is 0 Å². The first-order chi connectivity index (χ1) is 9.19. The lowest BCUT2D eigenvalue weighted by Crippen LogP contribution is -2.22. The Kier molecular flexibility index (Phi) is 6.86. The Morgan fingerprint density at radius 2 is 2.25 bits per heavy atom. The fraction of sp³-hybridized carbons (Fsp3) is 0.308. The molecule has 2 aromatic rings. The molecule has 20 heavy (non-hydrogen) atoms. The molecule has 0 bridgehead atoms. The molecule has 0 unspecified atom stereocenters. The Labute approximate surface area is 139 Å². The summed E-state index contributed by atoms with van der Waals surface area (Å²) in [7, 11) is 0. The van der Waals surface area contributed by atoms with E-state index in [-0.39, 0.29) is 24.0 Å². The van der Waals surface area contributed by atoms with Gasteiger partial charge in [0.2, 0.25) is 0 Å². The molecule has 0 saturated heterocycles. The van der Waals surface area contributed by atoms with E-state index in [0.29, 0.717) is 12.5 Å². The topological polar surface area (TPSA) is 76.2 Å². The first-order valence-corrected chi connectivity index (χ1v) is 6.90.